The van der Waals surface area contributed by atoms with Crippen molar-refractivity contribution >= 4 is 83.2 Å². The predicted molar refractivity (Wildman–Crippen MR) is 161 cm³/mol. The van der Waals surface area contributed by atoms with Gasteiger partial charge in [-0.3, -0.25) is 9.59 Å². The molecule has 2 aromatic rings. The molecule has 4 rings (SSSR count). The molecule has 0 unspecified atom stereocenters. The first-order valence-electron chi connectivity index (χ1n) is 10.7. The lowest BCUT2D eigenvalue weighted by Gasteiger charge is -2.12. The van der Waals surface area contributed by atoms with E-state index < -0.39 is 12.1 Å². The largest absolute Gasteiger partial charge is 0.468 e. The van der Waals surface area contributed by atoms with Crippen LogP contribution in [0.5, 0.6) is 0 Å². The Hall–Kier alpha value is -0.830. The first kappa shape index (κ1) is 36.2. The number of hydrogen-bond donors (Lipinski definition) is 2. The molecule has 0 fully saturated rings. The molecule has 0 saturated carbocycles. The van der Waals surface area contributed by atoms with Gasteiger partial charge in [0, 0.05) is 8.95 Å². The van der Waals surface area contributed by atoms with Gasteiger partial charge in [0.15, 0.2) is 0 Å². The summed E-state index contributed by atoms with van der Waals surface area (Å²) >= 11 is 6.97. The Morgan fingerprint density at radius 3 is 1.41 bits per heavy atom. The molecule has 0 saturated heterocycles. The average Bonchev–Trinajstić information content (AvgIpc) is 3.53. The van der Waals surface area contributed by atoms with Crippen LogP contribution in [0.4, 0.5) is 0 Å². The third-order valence-electron chi connectivity index (χ3n) is 5.82. The van der Waals surface area contributed by atoms with Crippen LogP contribution >= 0.6 is 71.3 Å². The molecule has 0 aromatic heterocycles. The minimum atomic E-state index is -0.620. The number of carbonyl (C=O) groups excluding carboxylic acids is 2. The van der Waals surface area contributed by atoms with E-state index in [9.17, 15) is 9.59 Å². The Morgan fingerprint density at radius 1 is 0.757 bits per heavy atom. The van der Waals surface area contributed by atoms with Crippen LogP contribution in [0.2, 0.25) is 0 Å². The molecule has 8 nitrogen and oxygen atoms in total. The molecule has 37 heavy (non-hydrogen) atoms. The fourth-order valence-corrected chi connectivity index (χ4v) is 4.91. The molecule has 2 aromatic carbocycles. The molecular formula is C24H33Br2ClN2O6S2. The number of rotatable bonds is 6. The molecule has 2 atom stereocenters. The Bertz CT molecular complexity index is 997. The molecule has 2 aliphatic heterocycles. The van der Waals surface area contributed by atoms with Gasteiger partial charge >= 0.3 is 11.9 Å². The molecule has 0 aliphatic carbocycles. The topological polar surface area (TPSA) is 123 Å². The highest BCUT2D eigenvalue weighted by atomic mass is 79.9. The molecule has 0 spiro atoms. The van der Waals surface area contributed by atoms with Gasteiger partial charge in [-0.1, -0.05) is 44.0 Å². The van der Waals surface area contributed by atoms with Gasteiger partial charge < -0.3 is 30.4 Å². The molecule has 0 amide bonds. The lowest BCUT2D eigenvalue weighted by atomic mass is 9.98. The molecule has 0 bridgehead atoms. The van der Waals surface area contributed by atoms with Crippen LogP contribution in [0.1, 0.15) is 33.4 Å². The lowest BCUT2D eigenvalue weighted by Crippen LogP contribution is -2.33. The predicted octanol–water partition coefficient (Wildman–Crippen LogP) is 3.69. The summed E-state index contributed by atoms with van der Waals surface area (Å²) in [7, 11) is 2.69. The van der Waals surface area contributed by atoms with Crippen LogP contribution in [0.3, 0.4) is 0 Å². The van der Waals surface area contributed by atoms with Gasteiger partial charge in [-0.25, -0.2) is 0 Å². The highest BCUT2D eigenvalue weighted by Crippen LogP contribution is 2.32. The van der Waals surface area contributed by atoms with Crippen molar-refractivity contribution in [2.24, 2.45) is 11.5 Å². The van der Waals surface area contributed by atoms with Gasteiger partial charge in [-0.15, -0.1) is 12.4 Å². The highest BCUT2D eigenvalue weighted by molar-refractivity contribution is 9.10. The van der Waals surface area contributed by atoms with Crippen LogP contribution in [0.25, 0.3) is 0 Å². The van der Waals surface area contributed by atoms with E-state index in [1.54, 1.807) is 0 Å². The van der Waals surface area contributed by atoms with Gasteiger partial charge in [-0.05, 0) is 58.4 Å². The smallest absolute Gasteiger partial charge is 0.322 e. The second-order valence-corrected chi connectivity index (χ2v) is 9.69. The van der Waals surface area contributed by atoms with E-state index in [0.29, 0.717) is 39.3 Å². The minimum Gasteiger partial charge on any atom is -0.468 e. The monoisotopic (exact) mass is 702 g/mol. The van der Waals surface area contributed by atoms with Crippen molar-refractivity contribution < 1.29 is 28.5 Å². The zero-order valence-corrected chi connectivity index (χ0v) is 26.5. The Morgan fingerprint density at radius 2 is 1.08 bits per heavy atom. The molecule has 2 heterocycles. The number of hydrogen-bond acceptors (Lipinski definition) is 8. The number of ether oxygens (including phenoxy) is 4. The zero-order chi connectivity index (χ0) is 24.8. The lowest BCUT2D eigenvalue weighted by molar-refractivity contribution is -0.142. The quantitative estimate of drug-likeness (QED) is 0.437. The van der Waals surface area contributed by atoms with Crippen LogP contribution in [0.15, 0.2) is 33.2 Å². The number of fused-ring (bicyclic) bond motifs is 2. The van der Waals surface area contributed by atoms with Crippen molar-refractivity contribution in [1.82, 2.24) is 0 Å². The number of esters is 2. The van der Waals surface area contributed by atoms with Gasteiger partial charge in [0.05, 0.1) is 40.6 Å². The van der Waals surface area contributed by atoms with Gasteiger partial charge in [0.2, 0.25) is 0 Å². The van der Waals surface area contributed by atoms with Crippen LogP contribution in [-0.2, 0) is 67.8 Å². The number of carbonyl (C=O) groups is 2. The Kier molecular flexibility index (Phi) is 16.6. The van der Waals surface area contributed by atoms with Crippen molar-refractivity contribution in [3.05, 3.63) is 66.6 Å². The molecule has 13 heteroatoms. The maximum absolute atomic E-state index is 11.3. The van der Waals surface area contributed by atoms with Crippen molar-refractivity contribution in [2.45, 2.75) is 51.4 Å². The number of methoxy groups -OCH3 is 2. The van der Waals surface area contributed by atoms with Gasteiger partial charge in [0.25, 0.3) is 0 Å². The normalized spacial score (nSPS) is 14.2. The summed E-state index contributed by atoms with van der Waals surface area (Å²) in [6.45, 7) is 2.38. The Balaban J connectivity index is 0.000000648. The molecule has 4 N–H and O–H groups in total. The van der Waals surface area contributed by atoms with E-state index in [4.69, 9.17) is 20.9 Å². The highest BCUT2D eigenvalue weighted by Gasteiger charge is 2.23. The molecular weight excluding hydrogens is 672 g/mol. The first-order valence-corrected chi connectivity index (χ1v) is 12.3. The summed E-state index contributed by atoms with van der Waals surface area (Å²) in [5, 5.41) is 0. The summed E-state index contributed by atoms with van der Waals surface area (Å²) in [5.74, 6) is -0.777. The fraction of sp³-hybridized carbons (Fsp3) is 0.417. The van der Waals surface area contributed by atoms with E-state index >= 15 is 0 Å². The second-order valence-electron chi connectivity index (χ2n) is 7.98. The summed E-state index contributed by atoms with van der Waals surface area (Å²) in [6.07, 6.45) is 0.956. The maximum Gasteiger partial charge on any atom is 0.322 e. The van der Waals surface area contributed by atoms with Gasteiger partial charge in [-0.2, -0.15) is 27.0 Å². The van der Waals surface area contributed by atoms with Crippen LogP contribution < -0.4 is 11.5 Å². The first-order chi connectivity index (χ1) is 16.3. The van der Waals surface area contributed by atoms with Crippen molar-refractivity contribution in [3.8, 4) is 0 Å². The summed E-state index contributed by atoms with van der Waals surface area (Å²) in [4.78, 5) is 22.6. The van der Waals surface area contributed by atoms with Crippen molar-refractivity contribution in [1.29, 1.82) is 0 Å². The van der Waals surface area contributed by atoms with Gasteiger partial charge in [0.1, 0.15) is 12.1 Å². The van der Waals surface area contributed by atoms with E-state index in [2.05, 4.69) is 41.3 Å². The van der Waals surface area contributed by atoms with Crippen LogP contribution in [0, 0.1) is 0 Å². The summed E-state index contributed by atoms with van der Waals surface area (Å²) in [6, 6.07) is 6.64. The van der Waals surface area contributed by atoms with Crippen molar-refractivity contribution in [3.63, 3.8) is 0 Å². The second kappa shape index (κ2) is 17.0. The summed E-state index contributed by atoms with van der Waals surface area (Å²) < 4.78 is 22.2. The zero-order valence-electron chi connectivity index (χ0n) is 20.5. The number of halogens is 3. The third-order valence-corrected chi connectivity index (χ3v) is 7.30. The van der Waals surface area contributed by atoms with E-state index in [1.165, 1.54) is 14.2 Å². The molecule has 208 valence electrons. The molecule has 0 radical (unpaired) electrons. The SMILES string of the molecule is COC(=O)[C@@H](N)Cc1ccc(Br)c2c1COC2.COC(=O)[C@@H](N)Cc1ccc(Br)c2c1COC2.Cl.S.S. The van der Waals surface area contributed by atoms with E-state index in [1.807, 2.05) is 24.3 Å². The van der Waals surface area contributed by atoms with Crippen LogP contribution in [-0.4, -0.2) is 38.2 Å². The minimum absolute atomic E-state index is 0. The fourth-order valence-electron chi connectivity index (χ4n) is 3.93. The number of benzene rings is 2. The van der Waals surface area contributed by atoms with E-state index in [0.717, 1.165) is 42.3 Å². The Labute approximate surface area is 254 Å². The number of nitrogens with two attached hydrogens (primary N) is 2. The maximum atomic E-state index is 11.3. The average molecular weight is 705 g/mol. The standard InChI is InChI=1S/2C12H14BrNO3.ClH.2H2S/c2*1-16-12(15)11(14)4-7-2-3-10(13)9-6-17-5-8(7)9;;;/h2*2-3,11H,4-6,14H2,1H3;1H;2*1H2/t2*11-;;;/m00.../s1. The van der Waals surface area contributed by atoms with Crippen molar-refractivity contribution in [2.75, 3.05) is 14.2 Å². The summed E-state index contributed by atoms with van der Waals surface area (Å²) in [5.41, 5.74) is 18.2. The third kappa shape index (κ3) is 9.11. The molecule has 2 aliphatic rings. The van der Waals surface area contributed by atoms with E-state index in [-0.39, 0.29) is 51.3 Å².